The largest absolute Gasteiger partial charge is 0.462 e. The maximum atomic E-state index is 12.0. The average molecular weight is 495 g/mol. The molecular weight excluding hydrogens is 456 g/mol. The minimum Gasteiger partial charge on any atom is -0.462 e. The summed E-state index contributed by atoms with van der Waals surface area (Å²) in [7, 11) is 0. The van der Waals surface area contributed by atoms with Crippen LogP contribution >= 0.6 is 0 Å². The molecule has 0 heterocycles. The Morgan fingerprint density at radius 1 is 0.750 bits per heavy atom. The highest BCUT2D eigenvalue weighted by Gasteiger charge is 2.19. The molecule has 0 aromatic carbocycles. The molecule has 0 unspecified atom stereocenters. The number of rotatable bonds is 13. The molecule has 8 nitrogen and oxygen atoms in total. The molecule has 8 heteroatoms. The average Bonchev–Trinajstić information content (AvgIpc) is 2.87. The Bertz CT molecular complexity index is 912. The van der Waals surface area contributed by atoms with Crippen LogP contribution in [-0.2, 0) is 19.1 Å². The molecule has 2 aliphatic rings. The van der Waals surface area contributed by atoms with Gasteiger partial charge in [-0.15, -0.1) is 0 Å². The fourth-order valence-corrected chi connectivity index (χ4v) is 4.33. The van der Waals surface area contributed by atoms with Crippen molar-refractivity contribution in [3.05, 3.63) is 45.8 Å². The van der Waals surface area contributed by atoms with E-state index in [9.17, 15) is 20.1 Å². The standard InChI is InChI=1S/C28H38N4O4/c1-3-35-27(33)25(19-29)21-11-9-13-23(17-21)31-15-7-5-6-8-16-32-24-14-10-12-22(18-24)26(20-30)28(34)36-4-2/h17-18,31-32H,3-16H2,1-2H3/b25-21-,26-22-. The van der Waals surface area contributed by atoms with Crippen molar-refractivity contribution in [3.63, 3.8) is 0 Å². The van der Waals surface area contributed by atoms with Crippen molar-refractivity contribution >= 4 is 11.9 Å². The predicted molar refractivity (Wildman–Crippen MR) is 137 cm³/mol. The SMILES string of the molecule is CCOC(=O)/C(C#N)=C1\C=C(NCCCCCCNC2=C/C(=C(/C#N)C(=O)OCC)CCC2)CCC1. The first-order valence-electron chi connectivity index (χ1n) is 13.0. The molecule has 0 aliphatic heterocycles. The number of nitrogens with one attached hydrogen (secondary N) is 2. The van der Waals surface area contributed by atoms with Crippen LogP contribution in [0.1, 0.15) is 78.1 Å². The van der Waals surface area contributed by atoms with Gasteiger partial charge >= 0.3 is 11.9 Å². The zero-order chi connectivity index (χ0) is 26.2. The van der Waals surface area contributed by atoms with E-state index in [4.69, 9.17) is 9.47 Å². The first-order chi connectivity index (χ1) is 17.5. The van der Waals surface area contributed by atoms with E-state index in [1.54, 1.807) is 13.8 Å². The third-order valence-corrected chi connectivity index (χ3v) is 6.11. The van der Waals surface area contributed by atoms with Gasteiger partial charge in [0.05, 0.1) is 13.2 Å². The van der Waals surface area contributed by atoms with Crippen molar-refractivity contribution in [2.45, 2.75) is 78.1 Å². The second-order valence-corrected chi connectivity index (χ2v) is 8.78. The lowest BCUT2D eigenvalue weighted by atomic mass is 9.95. The molecule has 2 aliphatic carbocycles. The number of hydrogen-bond acceptors (Lipinski definition) is 8. The van der Waals surface area contributed by atoms with Gasteiger partial charge in [-0.2, -0.15) is 10.5 Å². The number of carbonyl (C=O) groups excluding carboxylic acids is 2. The number of hydrogen-bond donors (Lipinski definition) is 2. The Morgan fingerprint density at radius 2 is 1.17 bits per heavy atom. The number of ether oxygens (including phenoxy) is 2. The first kappa shape index (κ1) is 28.7. The van der Waals surface area contributed by atoms with Crippen LogP contribution in [0.4, 0.5) is 0 Å². The zero-order valence-electron chi connectivity index (χ0n) is 21.6. The minimum absolute atomic E-state index is 0.115. The highest BCUT2D eigenvalue weighted by atomic mass is 16.5. The van der Waals surface area contributed by atoms with Gasteiger partial charge in [-0.25, -0.2) is 9.59 Å². The van der Waals surface area contributed by atoms with Crippen molar-refractivity contribution in [2.24, 2.45) is 0 Å². The quantitative estimate of drug-likeness (QED) is 0.164. The summed E-state index contributed by atoms with van der Waals surface area (Å²) in [6.07, 6.45) is 13.2. The Balaban J connectivity index is 1.71. The first-order valence-corrected chi connectivity index (χ1v) is 13.0. The van der Waals surface area contributed by atoms with Gasteiger partial charge < -0.3 is 20.1 Å². The molecular formula is C28H38N4O4. The van der Waals surface area contributed by atoms with E-state index >= 15 is 0 Å². The third kappa shape index (κ3) is 9.26. The summed E-state index contributed by atoms with van der Waals surface area (Å²) in [5.74, 6) is -1.08. The number of carbonyl (C=O) groups is 2. The van der Waals surface area contributed by atoms with Gasteiger partial charge in [0, 0.05) is 24.5 Å². The predicted octanol–water partition coefficient (Wildman–Crippen LogP) is 4.63. The highest BCUT2D eigenvalue weighted by Crippen LogP contribution is 2.25. The van der Waals surface area contributed by atoms with E-state index in [1.807, 2.05) is 24.3 Å². The smallest absolute Gasteiger partial charge is 0.349 e. The fourth-order valence-electron chi connectivity index (χ4n) is 4.33. The molecule has 0 atom stereocenters. The van der Waals surface area contributed by atoms with Crippen LogP contribution in [0.3, 0.4) is 0 Å². The van der Waals surface area contributed by atoms with Crippen molar-refractivity contribution in [3.8, 4) is 12.1 Å². The number of unbranched alkanes of at least 4 members (excludes halogenated alkanes) is 3. The summed E-state index contributed by atoms with van der Waals surface area (Å²) in [5, 5.41) is 25.6. The summed E-state index contributed by atoms with van der Waals surface area (Å²) in [6, 6.07) is 4.01. The van der Waals surface area contributed by atoms with Crippen molar-refractivity contribution in [2.75, 3.05) is 26.3 Å². The van der Waals surface area contributed by atoms with Crippen molar-refractivity contribution in [1.82, 2.24) is 10.6 Å². The molecule has 2 rings (SSSR count). The molecule has 0 spiro atoms. The molecule has 0 aromatic heterocycles. The van der Waals surface area contributed by atoms with Crippen LogP contribution in [-0.4, -0.2) is 38.2 Å². The van der Waals surface area contributed by atoms with Gasteiger partial charge in [-0.05, 0) is 88.5 Å². The molecule has 0 amide bonds. The summed E-state index contributed by atoms with van der Waals surface area (Å²) in [4.78, 5) is 24.0. The van der Waals surface area contributed by atoms with Crippen molar-refractivity contribution in [1.29, 1.82) is 10.5 Å². The number of nitrogens with zero attached hydrogens (tertiary/aromatic N) is 2. The molecule has 0 bridgehead atoms. The van der Waals surface area contributed by atoms with E-state index < -0.39 is 11.9 Å². The monoisotopic (exact) mass is 494 g/mol. The third-order valence-electron chi connectivity index (χ3n) is 6.11. The van der Waals surface area contributed by atoms with Crippen LogP contribution in [0, 0.1) is 22.7 Å². The summed E-state index contributed by atoms with van der Waals surface area (Å²) in [5.41, 5.74) is 3.89. The van der Waals surface area contributed by atoms with Crippen LogP contribution in [0.2, 0.25) is 0 Å². The minimum atomic E-state index is -0.540. The summed E-state index contributed by atoms with van der Waals surface area (Å²) >= 11 is 0. The fraction of sp³-hybridized carbons (Fsp3) is 0.571. The van der Waals surface area contributed by atoms with Crippen LogP contribution in [0.5, 0.6) is 0 Å². The molecule has 0 fully saturated rings. The van der Waals surface area contributed by atoms with Gasteiger partial charge in [-0.3, -0.25) is 0 Å². The van der Waals surface area contributed by atoms with E-state index in [-0.39, 0.29) is 24.4 Å². The van der Waals surface area contributed by atoms with E-state index in [0.29, 0.717) is 12.8 Å². The summed E-state index contributed by atoms with van der Waals surface area (Å²) < 4.78 is 9.99. The molecule has 2 N–H and O–H groups in total. The second kappa shape index (κ2) is 16.2. The maximum Gasteiger partial charge on any atom is 0.349 e. The van der Waals surface area contributed by atoms with Crippen LogP contribution in [0.25, 0.3) is 0 Å². The lowest BCUT2D eigenvalue weighted by molar-refractivity contribution is -0.139. The van der Waals surface area contributed by atoms with Gasteiger partial charge in [-0.1, -0.05) is 12.8 Å². The van der Waals surface area contributed by atoms with Crippen LogP contribution in [0.15, 0.2) is 45.8 Å². The number of allylic oxidation sites excluding steroid dienone is 6. The topological polar surface area (TPSA) is 124 Å². The molecule has 36 heavy (non-hydrogen) atoms. The van der Waals surface area contributed by atoms with E-state index in [2.05, 4.69) is 10.6 Å². The lowest BCUT2D eigenvalue weighted by Crippen LogP contribution is -2.19. The van der Waals surface area contributed by atoms with E-state index in [0.717, 1.165) is 87.0 Å². The molecule has 0 saturated heterocycles. The molecule has 0 aromatic rings. The molecule has 0 saturated carbocycles. The van der Waals surface area contributed by atoms with Gasteiger partial charge in [0.25, 0.3) is 0 Å². The van der Waals surface area contributed by atoms with Gasteiger partial charge in [0.15, 0.2) is 0 Å². The van der Waals surface area contributed by atoms with E-state index in [1.165, 1.54) is 0 Å². The normalized spacial score (nSPS) is 18.0. The zero-order valence-corrected chi connectivity index (χ0v) is 21.6. The second-order valence-electron chi connectivity index (χ2n) is 8.78. The van der Waals surface area contributed by atoms with Crippen molar-refractivity contribution < 1.29 is 19.1 Å². The molecule has 194 valence electrons. The highest BCUT2D eigenvalue weighted by molar-refractivity contribution is 5.94. The van der Waals surface area contributed by atoms with Crippen LogP contribution < -0.4 is 10.6 Å². The lowest BCUT2D eigenvalue weighted by Gasteiger charge is -2.18. The van der Waals surface area contributed by atoms with Gasteiger partial charge in [0.2, 0.25) is 0 Å². The van der Waals surface area contributed by atoms with Gasteiger partial charge in [0.1, 0.15) is 23.3 Å². The summed E-state index contributed by atoms with van der Waals surface area (Å²) in [6.45, 7) is 5.70. The maximum absolute atomic E-state index is 12.0. The Hall–Kier alpha value is -3.52. The Morgan fingerprint density at radius 3 is 1.53 bits per heavy atom. The Kier molecular flexibility index (Phi) is 12.9. The molecule has 0 radical (unpaired) electrons. The number of nitriles is 2. The number of esters is 2. The Labute approximate surface area is 214 Å².